The van der Waals surface area contributed by atoms with E-state index in [2.05, 4.69) is 22.0 Å². The summed E-state index contributed by atoms with van der Waals surface area (Å²) < 4.78 is 8.21. The average Bonchev–Trinajstić information content (AvgIpc) is 3.45. The van der Waals surface area contributed by atoms with Gasteiger partial charge < -0.3 is 14.7 Å². The minimum Gasteiger partial charge on any atom is -0.464 e. The van der Waals surface area contributed by atoms with Crippen molar-refractivity contribution in [3.05, 3.63) is 53.6 Å². The van der Waals surface area contributed by atoms with Gasteiger partial charge in [-0.15, -0.1) is 0 Å². The van der Waals surface area contributed by atoms with Crippen molar-refractivity contribution in [3.8, 4) is 28.7 Å². The van der Waals surface area contributed by atoms with Gasteiger partial charge in [0.25, 0.3) is 5.91 Å². The van der Waals surface area contributed by atoms with E-state index >= 15 is 0 Å². The highest BCUT2D eigenvalue weighted by molar-refractivity contribution is 5.95. The SMILES string of the molecule is COC(=O)c1nn(-c2cccc(C#C[C@]3(O)CCN(C)C3=O)c2)cc1-c1cnn(C)c1C. The van der Waals surface area contributed by atoms with Crippen LogP contribution in [0.5, 0.6) is 0 Å². The Balaban J connectivity index is 1.73. The molecule has 3 heterocycles. The molecule has 164 valence electrons. The minimum atomic E-state index is -1.67. The van der Waals surface area contributed by atoms with E-state index in [1.807, 2.05) is 20.0 Å². The summed E-state index contributed by atoms with van der Waals surface area (Å²) in [6, 6.07) is 7.16. The number of amides is 1. The highest BCUT2D eigenvalue weighted by Crippen LogP contribution is 2.28. The summed E-state index contributed by atoms with van der Waals surface area (Å²) in [6.45, 7) is 2.37. The first-order chi connectivity index (χ1) is 15.2. The standard InChI is InChI=1S/C23H23N5O4/c1-15-18(13-24-27(15)3)19-14-28(25-20(19)21(29)32-4)17-7-5-6-16(12-17)8-9-23(31)10-11-26(2)22(23)30/h5-7,12-14,31H,10-11H2,1-4H3/t23-/m0/s1. The van der Waals surface area contributed by atoms with Crippen molar-refractivity contribution in [2.75, 3.05) is 20.7 Å². The van der Waals surface area contributed by atoms with Gasteiger partial charge in [0.2, 0.25) is 5.60 Å². The van der Waals surface area contributed by atoms with Crippen LogP contribution >= 0.6 is 0 Å². The molecular weight excluding hydrogens is 410 g/mol. The Morgan fingerprint density at radius 1 is 1.28 bits per heavy atom. The number of ether oxygens (including phenoxy) is 1. The van der Waals surface area contributed by atoms with Crippen molar-refractivity contribution in [2.45, 2.75) is 18.9 Å². The first-order valence-electron chi connectivity index (χ1n) is 10.0. The molecule has 0 aliphatic carbocycles. The third-order valence-corrected chi connectivity index (χ3v) is 5.65. The number of nitrogens with zero attached hydrogens (tertiary/aromatic N) is 5. The number of benzene rings is 1. The molecule has 9 nitrogen and oxygen atoms in total. The monoisotopic (exact) mass is 433 g/mol. The number of hydrogen-bond acceptors (Lipinski definition) is 6. The number of carbonyl (C=O) groups excluding carboxylic acids is 2. The van der Waals surface area contributed by atoms with Crippen LogP contribution in [0.2, 0.25) is 0 Å². The summed E-state index contributed by atoms with van der Waals surface area (Å²) >= 11 is 0. The van der Waals surface area contributed by atoms with Crippen LogP contribution in [-0.4, -0.2) is 67.7 Å². The molecule has 1 atom stereocenters. The second kappa shape index (κ2) is 7.98. The molecule has 1 aliphatic rings. The molecule has 0 saturated carbocycles. The molecule has 32 heavy (non-hydrogen) atoms. The summed E-state index contributed by atoms with van der Waals surface area (Å²) in [5.41, 5.74) is 2.04. The summed E-state index contributed by atoms with van der Waals surface area (Å²) in [7, 11) is 4.77. The van der Waals surface area contributed by atoms with E-state index in [1.54, 1.807) is 47.0 Å². The predicted molar refractivity (Wildman–Crippen MR) is 116 cm³/mol. The lowest BCUT2D eigenvalue weighted by molar-refractivity contribution is -0.137. The maximum absolute atomic E-state index is 12.4. The third-order valence-electron chi connectivity index (χ3n) is 5.65. The Morgan fingerprint density at radius 2 is 2.06 bits per heavy atom. The Labute approximate surface area is 185 Å². The number of esters is 1. The molecule has 0 unspecified atom stereocenters. The lowest BCUT2D eigenvalue weighted by atomic mass is 10.0. The molecule has 1 saturated heterocycles. The lowest BCUT2D eigenvalue weighted by Gasteiger charge is -2.13. The molecule has 0 radical (unpaired) electrons. The number of rotatable bonds is 3. The molecule has 1 aromatic carbocycles. The van der Waals surface area contributed by atoms with Gasteiger partial charge in [-0.25, -0.2) is 9.48 Å². The molecule has 1 amide bonds. The van der Waals surface area contributed by atoms with Gasteiger partial charge in [0.15, 0.2) is 5.69 Å². The van der Waals surface area contributed by atoms with Crippen molar-refractivity contribution in [1.29, 1.82) is 0 Å². The highest BCUT2D eigenvalue weighted by atomic mass is 16.5. The number of likely N-dealkylation sites (N-methyl/N-ethyl adjacent to an activating group) is 1. The predicted octanol–water partition coefficient (Wildman–Crippen LogP) is 1.31. The van der Waals surface area contributed by atoms with Gasteiger partial charge >= 0.3 is 5.97 Å². The number of likely N-dealkylation sites (tertiary alicyclic amines) is 1. The van der Waals surface area contributed by atoms with Crippen LogP contribution in [0.4, 0.5) is 0 Å². The smallest absolute Gasteiger partial charge is 0.359 e. The second-order valence-corrected chi connectivity index (χ2v) is 7.73. The third kappa shape index (κ3) is 3.65. The van der Waals surface area contributed by atoms with Crippen LogP contribution in [0.1, 0.15) is 28.2 Å². The zero-order valence-electron chi connectivity index (χ0n) is 18.3. The van der Waals surface area contributed by atoms with E-state index in [9.17, 15) is 14.7 Å². The Hall–Kier alpha value is -3.90. The molecule has 0 spiro atoms. The molecule has 4 rings (SSSR count). The number of aliphatic hydroxyl groups is 1. The van der Waals surface area contributed by atoms with Crippen LogP contribution in [0.3, 0.4) is 0 Å². The van der Waals surface area contributed by atoms with Crippen molar-refractivity contribution >= 4 is 11.9 Å². The molecule has 1 N–H and O–H groups in total. The van der Waals surface area contributed by atoms with E-state index in [4.69, 9.17) is 4.74 Å². The van der Waals surface area contributed by atoms with Crippen LogP contribution in [0, 0.1) is 18.8 Å². The highest BCUT2D eigenvalue weighted by Gasteiger charge is 2.42. The van der Waals surface area contributed by atoms with Gasteiger partial charge in [-0.2, -0.15) is 10.2 Å². The maximum Gasteiger partial charge on any atom is 0.359 e. The number of aryl methyl sites for hydroxylation is 1. The molecule has 0 bridgehead atoms. The number of hydrogen-bond donors (Lipinski definition) is 1. The van der Waals surface area contributed by atoms with E-state index in [0.717, 1.165) is 11.3 Å². The zero-order valence-corrected chi connectivity index (χ0v) is 18.3. The Bertz CT molecular complexity index is 1280. The molecule has 2 aromatic heterocycles. The van der Waals surface area contributed by atoms with E-state index in [-0.39, 0.29) is 12.1 Å². The quantitative estimate of drug-likeness (QED) is 0.494. The number of aromatic nitrogens is 4. The van der Waals surface area contributed by atoms with Crippen LogP contribution in [0.25, 0.3) is 16.8 Å². The Kier molecular flexibility index (Phi) is 5.32. The summed E-state index contributed by atoms with van der Waals surface area (Å²) in [6.07, 6.45) is 3.69. The fraction of sp³-hybridized carbons (Fsp3) is 0.304. The van der Waals surface area contributed by atoms with Gasteiger partial charge in [0.1, 0.15) is 0 Å². The fourth-order valence-electron chi connectivity index (χ4n) is 3.59. The average molecular weight is 433 g/mol. The number of methoxy groups -OCH3 is 1. The minimum absolute atomic E-state index is 0.175. The van der Waals surface area contributed by atoms with Crippen molar-refractivity contribution < 1.29 is 19.4 Å². The van der Waals surface area contributed by atoms with Crippen LogP contribution in [0.15, 0.2) is 36.7 Å². The van der Waals surface area contributed by atoms with Crippen LogP contribution in [-0.2, 0) is 16.6 Å². The Morgan fingerprint density at radius 3 is 2.69 bits per heavy atom. The molecule has 3 aromatic rings. The zero-order chi connectivity index (χ0) is 23.0. The van der Waals surface area contributed by atoms with Crippen molar-refractivity contribution in [3.63, 3.8) is 0 Å². The van der Waals surface area contributed by atoms with Crippen molar-refractivity contribution in [2.24, 2.45) is 7.05 Å². The second-order valence-electron chi connectivity index (χ2n) is 7.73. The van der Waals surface area contributed by atoms with Gasteiger partial charge in [-0.1, -0.05) is 17.9 Å². The normalized spacial score (nSPS) is 17.9. The molecule has 1 fully saturated rings. The molecule has 1 aliphatic heterocycles. The van der Waals surface area contributed by atoms with Gasteiger partial charge in [-0.05, 0) is 25.1 Å². The first-order valence-corrected chi connectivity index (χ1v) is 10.0. The fourth-order valence-corrected chi connectivity index (χ4v) is 3.59. The molecular formula is C23H23N5O4. The van der Waals surface area contributed by atoms with Gasteiger partial charge in [-0.3, -0.25) is 9.48 Å². The summed E-state index contributed by atoms with van der Waals surface area (Å²) in [5.74, 6) is 4.66. The topological polar surface area (TPSA) is 102 Å². The van der Waals surface area contributed by atoms with Gasteiger partial charge in [0, 0.05) is 55.6 Å². The van der Waals surface area contributed by atoms with E-state index < -0.39 is 17.5 Å². The van der Waals surface area contributed by atoms with E-state index in [0.29, 0.717) is 23.4 Å². The van der Waals surface area contributed by atoms with Gasteiger partial charge in [0.05, 0.1) is 19.0 Å². The molecule has 9 heteroatoms. The number of carbonyl (C=O) groups is 2. The lowest BCUT2D eigenvalue weighted by Crippen LogP contribution is -2.37. The summed E-state index contributed by atoms with van der Waals surface area (Å²) in [5, 5.41) is 19.2. The first kappa shape index (κ1) is 21.3. The van der Waals surface area contributed by atoms with Crippen molar-refractivity contribution in [1.82, 2.24) is 24.5 Å². The maximum atomic E-state index is 12.4. The summed E-state index contributed by atoms with van der Waals surface area (Å²) in [4.78, 5) is 26.0. The van der Waals surface area contributed by atoms with Crippen LogP contribution < -0.4 is 0 Å². The largest absolute Gasteiger partial charge is 0.464 e. The van der Waals surface area contributed by atoms with E-state index in [1.165, 1.54) is 12.0 Å².